The van der Waals surface area contributed by atoms with Gasteiger partial charge in [0.1, 0.15) is 0 Å². The number of thioether (sulfide) groups is 1. The average molecular weight is 305 g/mol. The fourth-order valence-electron chi connectivity index (χ4n) is 2.18. The first-order valence-corrected chi connectivity index (χ1v) is 8.09. The topological polar surface area (TPSA) is 39.1 Å². The summed E-state index contributed by atoms with van der Waals surface area (Å²) in [6.07, 6.45) is 0. The molecule has 0 saturated carbocycles. The molecule has 114 valence electrons. The van der Waals surface area contributed by atoms with Crippen LogP contribution in [0.5, 0.6) is 0 Å². The molecule has 0 fully saturated rings. The van der Waals surface area contributed by atoms with Crippen molar-refractivity contribution in [2.45, 2.75) is 24.2 Å². The van der Waals surface area contributed by atoms with Gasteiger partial charge in [-0.05, 0) is 12.5 Å². The maximum Gasteiger partial charge on any atom is 0.0987 e. The molecular formula is C16H23N3OS. The Balaban J connectivity index is 2.00. The van der Waals surface area contributed by atoms with Gasteiger partial charge in [0, 0.05) is 38.6 Å². The number of benzene rings is 1. The van der Waals surface area contributed by atoms with Crippen LogP contribution in [-0.2, 0) is 24.1 Å². The van der Waals surface area contributed by atoms with Crippen LogP contribution in [0, 0.1) is 6.92 Å². The van der Waals surface area contributed by atoms with Crippen molar-refractivity contribution < 1.29 is 4.74 Å². The molecule has 0 bridgehead atoms. The number of hydrogen-bond donors (Lipinski definition) is 1. The molecule has 0 radical (unpaired) electrons. The Morgan fingerprint density at radius 1 is 1.29 bits per heavy atom. The fraction of sp³-hybridized carbons (Fsp3) is 0.438. The number of rotatable bonds is 8. The summed E-state index contributed by atoms with van der Waals surface area (Å²) in [5.74, 6) is 0.963. The molecule has 1 aromatic carbocycles. The van der Waals surface area contributed by atoms with E-state index in [0.29, 0.717) is 0 Å². The number of aromatic nitrogens is 2. The van der Waals surface area contributed by atoms with Crippen molar-refractivity contribution in [3.8, 4) is 0 Å². The smallest absolute Gasteiger partial charge is 0.0987 e. The first kappa shape index (κ1) is 16.1. The second kappa shape index (κ2) is 8.22. The van der Waals surface area contributed by atoms with Gasteiger partial charge in [0.05, 0.1) is 17.3 Å². The van der Waals surface area contributed by atoms with Gasteiger partial charge in [-0.3, -0.25) is 4.68 Å². The third kappa shape index (κ3) is 4.59. The largest absolute Gasteiger partial charge is 0.383 e. The first-order valence-electron chi connectivity index (χ1n) is 7.11. The van der Waals surface area contributed by atoms with E-state index in [1.165, 1.54) is 16.2 Å². The van der Waals surface area contributed by atoms with Crippen LogP contribution in [0.2, 0.25) is 0 Å². The molecule has 0 aliphatic carbocycles. The maximum atomic E-state index is 5.06. The van der Waals surface area contributed by atoms with Crippen molar-refractivity contribution in [3.05, 3.63) is 47.2 Å². The molecule has 5 heteroatoms. The summed E-state index contributed by atoms with van der Waals surface area (Å²) < 4.78 is 7.04. The lowest BCUT2D eigenvalue weighted by molar-refractivity contribution is 0.199. The third-order valence-corrected chi connectivity index (χ3v) is 4.55. The van der Waals surface area contributed by atoms with Crippen LogP contribution < -0.4 is 5.32 Å². The lowest BCUT2D eigenvalue weighted by Crippen LogP contribution is -2.19. The molecule has 2 aromatic rings. The summed E-state index contributed by atoms with van der Waals surface area (Å²) in [7, 11) is 3.73. The van der Waals surface area contributed by atoms with Gasteiger partial charge >= 0.3 is 0 Å². The van der Waals surface area contributed by atoms with Gasteiger partial charge < -0.3 is 10.1 Å². The Kier molecular flexibility index (Phi) is 6.29. The molecule has 0 aliphatic heterocycles. The third-order valence-electron chi connectivity index (χ3n) is 3.29. The standard InChI is InChI=1S/C16H23N3OS/c1-13-15(11-17-9-10-20-3)16(19(2)18-13)21-12-14-7-5-4-6-8-14/h4-8,17H,9-12H2,1-3H3. The highest BCUT2D eigenvalue weighted by molar-refractivity contribution is 7.98. The van der Waals surface area contributed by atoms with Crippen molar-refractivity contribution in [1.82, 2.24) is 15.1 Å². The van der Waals surface area contributed by atoms with Crippen LogP contribution in [-0.4, -0.2) is 30.0 Å². The van der Waals surface area contributed by atoms with Gasteiger partial charge in [-0.25, -0.2) is 0 Å². The Morgan fingerprint density at radius 2 is 2.05 bits per heavy atom. The zero-order chi connectivity index (χ0) is 15.1. The summed E-state index contributed by atoms with van der Waals surface area (Å²) in [4.78, 5) is 0. The minimum Gasteiger partial charge on any atom is -0.383 e. The van der Waals surface area contributed by atoms with E-state index in [1.807, 2.05) is 29.6 Å². The number of ether oxygens (including phenoxy) is 1. The van der Waals surface area contributed by atoms with Gasteiger partial charge in [0.25, 0.3) is 0 Å². The number of methoxy groups -OCH3 is 1. The predicted molar refractivity (Wildman–Crippen MR) is 87.5 cm³/mol. The highest BCUT2D eigenvalue weighted by atomic mass is 32.2. The van der Waals surface area contributed by atoms with Gasteiger partial charge in [0.2, 0.25) is 0 Å². The zero-order valence-corrected chi connectivity index (χ0v) is 13.7. The molecule has 2 rings (SSSR count). The van der Waals surface area contributed by atoms with Crippen molar-refractivity contribution in [1.29, 1.82) is 0 Å². The highest BCUT2D eigenvalue weighted by Crippen LogP contribution is 2.27. The fourth-order valence-corrected chi connectivity index (χ4v) is 3.30. The van der Waals surface area contributed by atoms with Crippen molar-refractivity contribution in [2.24, 2.45) is 7.05 Å². The maximum absolute atomic E-state index is 5.06. The molecule has 1 aromatic heterocycles. The van der Waals surface area contributed by atoms with Crippen LogP contribution in [0.25, 0.3) is 0 Å². The predicted octanol–water partition coefficient (Wildman–Crippen LogP) is 2.76. The monoisotopic (exact) mass is 305 g/mol. The minimum absolute atomic E-state index is 0.728. The number of nitrogens with zero attached hydrogens (tertiary/aromatic N) is 2. The van der Waals surface area contributed by atoms with Crippen molar-refractivity contribution in [2.75, 3.05) is 20.3 Å². The number of aryl methyl sites for hydroxylation is 2. The lowest BCUT2D eigenvalue weighted by Gasteiger charge is -2.08. The van der Waals surface area contributed by atoms with Crippen LogP contribution in [0.1, 0.15) is 16.8 Å². The molecule has 1 N–H and O–H groups in total. The second-order valence-electron chi connectivity index (χ2n) is 4.94. The second-order valence-corrected chi connectivity index (χ2v) is 5.90. The Hall–Kier alpha value is -1.30. The van der Waals surface area contributed by atoms with Crippen LogP contribution in [0.3, 0.4) is 0 Å². The molecule has 0 aliphatic rings. The summed E-state index contributed by atoms with van der Waals surface area (Å²) >= 11 is 1.84. The molecule has 0 spiro atoms. The van der Waals surface area contributed by atoms with E-state index in [4.69, 9.17) is 4.74 Å². The van der Waals surface area contributed by atoms with E-state index < -0.39 is 0 Å². The zero-order valence-electron chi connectivity index (χ0n) is 12.9. The van der Waals surface area contributed by atoms with Crippen molar-refractivity contribution >= 4 is 11.8 Å². The number of nitrogens with one attached hydrogen (secondary N) is 1. The first-order chi connectivity index (χ1) is 10.2. The SMILES string of the molecule is COCCNCc1c(C)nn(C)c1SCc1ccccc1. The highest BCUT2D eigenvalue weighted by Gasteiger charge is 2.13. The van der Waals surface area contributed by atoms with Crippen LogP contribution in [0.15, 0.2) is 35.4 Å². The molecule has 4 nitrogen and oxygen atoms in total. The molecule has 1 heterocycles. The minimum atomic E-state index is 0.728. The molecule has 21 heavy (non-hydrogen) atoms. The van der Waals surface area contributed by atoms with Crippen LogP contribution in [0.4, 0.5) is 0 Å². The van der Waals surface area contributed by atoms with E-state index in [9.17, 15) is 0 Å². The van der Waals surface area contributed by atoms with Crippen LogP contribution >= 0.6 is 11.8 Å². The molecule has 0 amide bonds. The molecule has 0 unspecified atom stereocenters. The normalized spacial score (nSPS) is 11.0. The quantitative estimate of drug-likeness (QED) is 0.601. The Bertz CT molecular complexity index is 554. The summed E-state index contributed by atoms with van der Waals surface area (Å²) in [6, 6.07) is 10.5. The van der Waals surface area contributed by atoms with E-state index in [1.54, 1.807) is 7.11 Å². The molecule has 0 atom stereocenters. The number of hydrogen-bond acceptors (Lipinski definition) is 4. The van der Waals surface area contributed by atoms with Gasteiger partial charge in [-0.2, -0.15) is 5.10 Å². The average Bonchev–Trinajstić information content (AvgIpc) is 2.76. The van der Waals surface area contributed by atoms with E-state index in [2.05, 4.69) is 41.6 Å². The summed E-state index contributed by atoms with van der Waals surface area (Å²) in [6.45, 7) is 4.49. The van der Waals surface area contributed by atoms with Gasteiger partial charge in [-0.1, -0.05) is 30.3 Å². The van der Waals surface area contributed by atoms with E-state index in [0.717, 1.165) is 31.1 Å². The summed E-state index contributed by atoms with van der Waals surface area (Å²) in [5.41, 5.74) is 3.71. The lowest BCUT2D eigenvalue weighted by atomic mass is 10.2. The Morgan fingerprint density at radius 3 is 2.76 bits per heavy atom. The Labute approximate surface area is 130 Å². The van der Waals surface area contributed by atoms with E-state index in [-0.39, 0.29) is 0 Å². The molecular weight excluding hydrogens is 282 g/mol. The summed E-state index contributed by atoms with van der Waals surface area (Å²) in [5, 5.41) is 9.19. The van der Waals surface area contributed by atoms with E-state index >= 15 is 0 Å². The van der Waals surface area contributed by atoms with Crippen molar-refractivity contribution in [3.63, 3.8) is 0 Å². The molecule has 0 saturated heterocycles. The van der Waals surface area contributed by atoms with Gasteiger partial charge in [-0.15, -0.1) is 11.8 Å². The van der Waals surface area contributed by atoms with Gasteiger partial charge in [0.15, 0.2) is 0 Å².